The molecule has 6 heteroatoms. The molecule has 3 heterocycles. The van der Waals surface area contributed by atoms with Gasteiger partial charge in [0.25, 0.3) is 0 Å². The van der Waals surface area contributed by atoms with Crippen LogP contribution in [0.15, 0.2) is 41.1 Å². The van der Waals surface area contributed by atoms with Gasteiger partial charge in [-0.05, 0) is 31.2 Å². The summed E-state index contributed by atoms with van der Waals surface area (Å²) < 4.78 is 7.48. The number of hydrogen-bond donors (Lipinski definition) is 0. The Morgan fingerprint density at radius 2 is 1.88 bits per heavy atom. The van der Waals surface area contributed by atoms with Crippen molar-refractivity contribution in [1.29, 1.82) is 0 Å². The number of pyridine rings is 1. The van der Waals surface area contributed by atoms with Crippen molar-refractivity contribution in [3.05, 3.63) is 59.9 Å². The van der Waals surface area contributed by atoms with Gasteiger partial charge in [0.2, 0.25) is 0 Å². The molecule has 4 rings (SSSR count). The Morgan fingerprint density at radius 3 is 2.62 bits per heavy atom. The Balaban J connectivity index is 0.00000169. The molecule has 0 aliphatic carbocycles. The Bertz CT molecular complexity index is 999. The first-order chi connectivity index (χ1) is 11.1. The van der Waals surface area contributed by atoms with Crippen LogP contribution in [0.25, 0.3) is 28.3 Å². The topological polar surface area (TPSA) is 56.7 Å². The first-order valence-electron chi connectivity index (χ1n) is 7.39. The van der Waals surface area contributed by atoms with Crippen LogP contribution in [0.1, 0.15) is 17.0 Å². The molecular formula is C18H15IrN4O-. The Labute approximate surface area is 153 Å². The molecule has 3 aromatic heterocycles. The van der Waals surface area contributed by atoms with E-state index in [1.807, 2.05) is 12.3 Å². The van der Waals surface area contributed by atoms with Crippen LogP contribution in [0.2, 0.25) is 0 Å². The van der Waals surface area contributed by atoms with Crippen molar-refractivity contribution >= 4 is 11.2 Å². The molecule has 0 N–H and O–H groups in total. The maximum atomic E-state index is 5.41. The Hall–Kier alpha value is -2.30. The quantitative estimate of drug-likeness (QED) is 0.397. The number of imidazole rings is 1. The fourth-order valence-electron chi connectivity index (χ4n) is 2.87. The number of oxazole rings is 1. The minimum Gasteiger partial charge on any atom is -0.469 e. The molecular weight excluding hydrogens is 480 g/mol. The van der Waals surface area contributed by atoms with E-state index in [1.165, 1.54) is 11.1 Å². The third kappa shape index (κ3) is 2.68. The van der Waals surface area contributed by atoms with Gasteiger partial charge in [0.1, 0.15) is 0 Å². The minimum absolute atomic E-state index is 0. The molecule has 0 saturated carbocycles. The van der Waals surface area contributed by atoms with Crippen LogP contribution in [0, 0.1) is 27.0 Å². The van der Waals surface area contributed by atoms with E-state index in [2.05, 4.69) is 57.8 Å². The van der Waals surface area contributed by atoms with Gasteiger partial charge in [-0.1, -0.05) is 23.8 Å². The van der Waals surface area contributed by atoms with Gasteiger partial charge in [-0.15, -0.1) is 6.07 Å². The molecule has 0 saturated heterocycles. The first-order valence-corrected chi connectivity index (χ1v) is 7.39. The molecule has 0 atom stereocenters. The number of hydrogen-bond acceptors (Lipinski definition) is 4. The van der Waals surface area contributed by atoms with Crippen molar-refractivity contribution in [2.75, 3.05) is 0 Å². The van der Waals surface area contributed by atoms with Gasteiger partial charge in [0, 0.05) is 50.6 Å². The Morgan fingerprint density at radius 1 is 1.12 bits per heavy atom. The second-order valence-corrected chi connectivity index (χ2v) is 5.57. The van der Waals surface area contributed by atoms with Crippen molar-refractivity contribution in [3.8, 4) is 17.1 Å². The van der Waals surface area contributed by atoms with Gasteiger partial charge in [-0.3, -0.25) is 4.98 Å². The SMILES string of the molecule is Cc1nc2cc(-c3nccn3-c3c(C)cccc3C)[c-]nc2o1.[Ir]. The fourth-order valence-corrected chi connectivity index (χ4v) is 2.87. The summed E-state index contributed by atoms with van der Waals surface area (Å²) in [7, 11) is 0. The summed E-state index contributed by atoms with van der Waals surface area (Å²) in [5, 5.41) is 0. The van der Waals surface area contributed by atoms with Gasteiger partial charge >= 0.3 is 0 Å². The maximum absolute atomic E-state index is 5.41. The molecule has 0 fully saturated rings. The predicted molar refractivity (Wildman–Crippen MR) is 87.4 cm³/mol. The first kappa shape index (κ1) is 16.6. The molecule has 123 valence electrons. The van der Waals surface area contributed by atoms with Crippen LogP contribution in [0.3, 0.4) is 0 Å². The van der Waals surface area contributed by atoms with E-state index in [0.717, 1.165) is 17.1 Å². The number of nitrogens with zero attached hydrogens (tertiary/aromatic N) is 4. The molecule has 1 radical (unpaired) electrons. The summed E-state index contributed by atoms with van der Waals surface area (Å²) in [6, 6.07) is 8.16. The summed E-state index contributed by atoms with van der Waals surface area (Å²) in [5.41, 5.74) is 5.51. The number of para-hydroxylation sites is 1. The third-order valence-corrected chi connectivity index (χ3v) is 3.86. The number of fused-ring (bicyclic) bond motifs is 1. The summed E-state index contributed by atoms with van der Waals surface area (Å²) >= 11 is 0. The van der Waals surface area contributed by atoms with Crippen LogP contribution in [0.4, 0.5) is 0 Å². The normalized spacial score (nSPS) is 10.8. The van der Waals surface area contributed by atoms with Gasteiger partial charge in [0.15, 0.2) is 11.6 Å². The van der Waals surface area contributed by atoms with E-state index in [1.54, 1.807) is 13.1 Å². The number of benzene rings is 1. The van der Waals surface area contributed by atoms with Crippen LogP contribution in [0.5, 0.6) is 0 Å². The average molecular weight is 496 g/mol. The van der Waals surface area contributed by atoms with Crippen LogP contribution < -0.4 is 0 Å². The number of rotatable bonds is 2. The summed E-state index contributed by atoms with van der Waals surface area (Å²) in [6.45, 7) is 6.00. The third-order valence-electron chi connectivity index (χ3n) is 3.86. The Kier molecular flexibility index (Phi) is 4.35. The second kappa shape index (κ2) is 6.30. The van der Waals surface area contributed by atoms with Gasteiger partial charge in [-0.25, -0.2) is 4.98 Å². The zero-order valence-corrected chi connectivity index (χ0v) is 15.9. The number of aryl methyl sites for hydroxylation is 3. The van der Waals surface area contributed by atoms with Crippen LogP contribution in [-0.2, 0) is 20.1 Å². The number of aromatic nitrogens is 4. The molecule has 0 unspecified atom stereocenters. The van der Waals surface area contributed by atoms with E-state index < -0.39 is 0 Å². The summed E-state index contributed by atoms with van der Waals surface area (Å²) in [5.74, 6) is 1.38. The van der Waals surface area contributed by atoms with Gasteiger partial charge < -0.3 is 14.0 Å². The summed E-state index contributed by atoms with van der Waals surface area (Å²) in [4.78, 5) is 13.1. The van der Waals surface area contributed by atoms with Crippen molar-refractivity contribution in [3.63, 3.8) is 0 Å². The minimum atomic E-state index is 0. The molecule has 0 amide bonds. The fraction of sp³-hybridized carbons (Fsp3) is 0.167. The zero-order chi connectivity index (χ0) is 16.0. The van der Waals surface area contributed by atoms with E-state index in [0.29, 0.717) is 17.1 Å². The van der Waals surface area contributed by atoms with Crippen molar-refractivity contribution < 1.29 is 24.5 Å². The average Bonchev–Trinajstić information content (AvgIpc) is 3.11. The van der Waals surface area contributed by atoms with E-state index in [-0.39, 0.29) is 20.1 Å². The molecule has 1 aromatic carbocycles. The molecule has 4 aromatic rings. The van der Waals surface area contributed by atoms with Crippen LogP contribution >= 0.6 is 0 Å². The van der Waals surface area contributed by atoms with Crippen molar-refractivity contribution in [1.82, 2.24) is 19.5 Å². The molecule has 5 nitrogen and oxygen atoms in total. The van der Waals surface area contributed by atoms with E-state index in [4.69, 9.17) is 4.42 Å². The van der Waals surface area contributed by atoms with Crippen molar-refractivity contribution in [2.24, 2.45) is 0 Å². The monoisotopic (exact) mass is 496 g/mol. The van der Waals surface area contributed by atoms with E-state index >= 15 is 0 Å². The molecule has 0 aliphatic heterocycles. The van der Waals surface area contributed by atoms with E-state index in [9.17, 15) is 0 Å². The molecule has 0 bridgehead atoms. The molecule has 0 spiro atoms. The zero-order valence-electron chi connectivity index (χ0n) is 13.5. The van der Waals surface area contributed by atoms with Crippen LogP contribution in [-0.4, -0.2) is 19.5 Å². The maximum Gasteiger partial charge on any atom is 0.181 e. The van der Waals surface area contributed by atoms with Crippen molar-refractivity contribution in [2.45, 2.75) is 20.8 Å². The predicted octanol–water partition coefficient (Wildman–Crippen LogP) is 3.80. The molecule has 24 heavy (non-hydrogen) atoms. The largest absolute Gasteiger partial charge is 0.469 e. The molecule has 0 aliphatic rings. The smallest absolute Gasteiger partial charge is 0.181 e. The van der Waals surface area contributed by atoms with Gasteiger partial charge in [0.05, 0.1) is 5.82 Å². The summed E-state index contributed by atoms with van der Waals surface area (Å²) in [6.07, 6.45) is 6.75. The van der Waals surface area contributed by atoms with Gasteiger partial charge in [-0.2, -0.15) is 0 Å². The second-order valence-electron chi connectivity index (χ2n) is 5.57. The standard InChI is InChI=1S/C18H15N4O.Ir/c1-11-5-4-6-12(2)16(11)22-8-7-19-17(22)14-9-15-18(20-10-14)23-13(3)21-15;/h4-9H,1-3H3;/q-1;.